The first-order chi connectivity index (χ1) is 15.4. The molecule has 2 aromatic rings. The lowest BCUT2D eigenvalue weighted by molar-refractivity contribution is -0.176. The first-order valence-corrected chi connectivity index (χ1v) is 10.8. The van der Waals surface area contributed by atoms with E-state index < -0.39 is 12.1 Å². The lowest BCUT2D eigenvalue weighted by atomic mass is 9.97. The Kier molecular flexibility index (Phi) is 5.26. The van der Waals surface area contributed by atoms with Crippen LogP contribution in [0.15, 0.2) is 30.7 Å². The van der Waals surface area contributed by atoms with Crippen molar-refractivity contribution in [3.05, 3.63) is 30.7 Å². The fourth-order valence-electron chi connectivity index (χ4n) is 4.84. The zero-order valence-electron chi connectivity index (χ0n) is 17.4. The van der Waals surface area contributed by atoms with E-state index in [1.165, 1.54) is 18.6 Å². The van der Waals surface area contributed by atoms with Crippen LogP contribution in [-0.4, -0.2) is 59.4 Å². The number of rotatable bonds is 2. The van der Waals surface area contributed by atoms with Crippen LogP contribution >= 0.6 is 0 Å². The molecule has 0 spiro atoms. The van der Waals surface area contributed by atoms with Crippen molar-refractivity contribution >= 4 is 29.2 Å². The van der Waals surface area contributed by atoms with Crippen molar-refractivity contribution in [1.82, 2.24) is 15.0 Å². The Morgan fingerprint density at radius 3 is 2.66 bits per heavy atom. The molecule has 1 N–H and O–H groups in total. The van der Waals surface area contributed by atoms with Gasteiger partial charge >= 0.3 is 12.2 Å². The first-order valence-electron chi connectivity index (χ1n) is 10.8. The third kappa shape index (κ3) is 3.91. The molecule has 32 heavy (non-hydrogen) atoms. The lowest BCUT2D eigenvalue weighted by Crippen LogP contribution is -2.56. The number of anilines is 4. The molecule has 5 rings (SSSR count). The SMILES string of the molecule is O=C(Nc1cnccn1)N1c2nc(N3CCCC(C(F)(F)F)C3)ccc2N2CCCC1C2. The smallest absolute Gasteiger partial charge is 0.366 e. The van der Waals surface area contributed by atoms with Gasteiger partial charge in [-0.25, -0.2) is 14.8 Å². The minimum absolute atomic E-state index is 0.0695. The third-order valence-corrected chi connectivity index (χ3v) is 6.40. The summed E-state index contributed by atoms with van der Waals surface area (Å²) < 4.78 is 39.9. The van der Waals surface area contributed by atoms with E-state index in [0.717, 1.165) is 25.1 Å². The maximum absolute atomic E-state index is 13.3. The number of hydrogen-bond acceptors (Lipinski definition) is 6. The van der Waals surface area contributed by atoms with Gasteiger partial charge in [0.2, 0.25) is 0 Å². The van der Waals surface area contributed by atoms with Crippen LogP contribution in [0.4, 0.5) is 41.1 Å². The van der Waals surface area contributed by atoms with Gasteiger partial charge in [-0.15, -0.1) is 0 Å². The largest absolute Gasteiger partial charge is 0.393 e. The fourth-order valence-corrected chi connectivity index (χ4v) is 4.84. The summed E-state index contributed by atoms with van der Waals surface area (Å²) in [5, 5.41) is 2.77. The highest BCUT2D eigenvalue weighted by molar-refractivity contribution is 6.04. The molecular weight excluding hydrogens is 423 g/mol. The average molecular weight is 447 g/mol. The van der Waals surface area contributed by atoms with Gasteiger partial charge in [0, 0.05) is 38.6 Å². The van der Waals surface area contributed by atoms with Crippen molar-refractivity contribution in [2.24, 2.45) is 5.92 Å². The number of nitrogens with one attached hydrogen (secondary N) is 1. The number of carbonyl (C=O) groups is 1. The second-order valence-corrected chi connectivity index (χ2v) is 8.47. The number of halogens is 3. The molecule has 2 amide bonds. The number of pyridine rings is 1. The number of piperidine rings is 2. The summed E-state index contributed by atoms with van der Waals surface area (Å²) in [4.78, 5) is 31.5. The zero-order chi connectivity index (χ0) is 22.3. The Hall–Kier alpha value is -3.11. The second kappa shape index (κ2) is 8.10. The van der Waals surface area contributed by atoms with Crippen LogP contribution in [0.3, 0.4) is 0 Å². The fraction of sp³-hybridized carbons (Fsp3) is 0.524. The Morgan fingerprint density at radius 2 is 1.88 bits per heavy atom. The summed E-state index contributed by atoms with van der Waals surface area (Å²) in [6, 6.07) is 3.21. The Labute approximate surface area is 183 Å². The highest BCUT2D eigenvalue weighted by Crippen LogP contribution is 2.41. The van der Waals surface area contributed by atoms with E-state index in [-0.39, 0.29) is 25.0 Å². The topological polar surface area (TPSA) is 77.5 Å². The molecular formula is C21H24F3N7O. The van der Waals surface area contributed by atoms with E-state index in [1.54, 1.807) is 15.9 Å². The zero-order valence-corrected chi connectivity index (χ0v) is 17.4. The molecule has 0 saturated carbocycles. The Morgan fingerprint density at radius 1 is 1.06 bits per heavy atom. The number of amides is 2. The van der Waals surface area contributed by atoms with Crippen molar-refractivity contribution in [1.29, 1.82) is 0 Å². The summed E-state index contributed by atoms with van der Waals surface area (Å²) in [5.41, 5.74) is 0.823. The highest BCUT2D eigenvalue weighted by Gasteiger charge is 2.43. The van der Waals surface area contributed by atoms with Gasteiger partial charge in [0.25, 0.3) is 0 Å². The van der Waals surface area contributed by atoms with Gasteiger partial charge in [0.1, 0.15) is 5.82 Å². The second-order valence-electron chi connectivity index (χ2n) is 8.47. The number of carbonyl (C=O) groups excluding carboxylic acids is 1. The molecule has 2 unspecified atom stereocenters. The molecule has 0 aromatic carbocycles. The predicted octanol–water partition coefficient (Wildman–Crippen LogP) is 3.67. The van der Waals surface area contributed by atoms with Crippen LogP contribution in [0.5, 0.6) is 0 Å². The molecule has 5 heterocycles. The summed E-state index contributed by atoms with van der Waals surface area (Å²) in [7, 11) is 0. The van der Waals surface area contributed by atoms with Crippen LogP contribution in [0.2, 0.25) is 0 Å². The molecule has 11 heteroatoms. The van der Waals surface area contributed by atoms with Crippen LogP contribution in [0, 0.1) is 5.92 Å². The maximum atomic E-state index is 13.3. The molecule has 2 aromatic heterocycles. The molecule has 2 fully saturated rings. The molecule has 0 radical (unpaired) electrons. The van der Waals surface area contributed by atoms with Crippen molar-refractivity contribution in [2.75, 3.05) is 46.2 Å². The van der Waals surface area contributed by atoms with Crippen LogP contribution in [0.1, 0.15) is 25.7 Å². The lowest BCUT2D eigenvalue weighted by Gasteiger charge is -2.46. The first kappa shape index (κ1) is 20.8. The van der Waals surface area contributed by atoms with E-state index in [4.69, 9.17) is 4.98 Å². The van der Waals surface area contributed by atoms with Crippen molar-refractivity contribution in [3.63, 3.8) is 0 Å². The monoisotopic (exact) mass is 447 g/mol. The maximum Gasteiger partial charge on any atom is 0.393 e. The van der Waals surface area contributed by atoms with E-state index in [0.29, 0.717) is 37.0 Å². The van der Waals surface area contributed by atoms with Crippen molar-refractivity contribution in [3.8, 4) is 0 Å². The van der Waals surface area contributed by atoms with Crippen molar-refractivity contribution in [2.45, 2.75) is 37.9 Å². The summed E-state index contributed by atoms with van der Waals surface area (Å²) in [6.45, 7) is 1.96. The minimum atomic E-state index is -4.22. The van der Waals surface area contributed by atoms with Gasteiger partial charge in [0.05, 0.1) is 23.8 Å². The molecule has 2 saturated heterocycles. The quantitative estimate of drug-likeness (QED) is 0.757. The molecule has 2 atom stereocenters. The van der Waals surface area contributed by atoms with Crippen LogP contribution in [0.25, 0.3) is 0 Å². The molecule has 2 bridgehead atoms. The molecule has 170 valence electrons. The van der Waals surface area contributed by atoms with Crippen molar-refractivity contribution < 1.29 is 18.0 Å². The average Bonchev–Trinajstić information content (AvgIpc) is 2.79. The summed E-state index contributed by atoms with van der Waals surface area (Å²) in [6.07, 6.45) is 2.61. The molecule has 3 aliphatic heterocycles. The highest BCUT2D eigenvalue weighted by atomic mass is 19.4. The minimum Gasteiger partial charge on any atom is -0.366 e. The van der Waals surface area contributed by atoms with Crippen LogP contribution < -0.4 is 20.0 Å². The number of urea groups is 1. The third-order valence-electron chi connectivity index (χ3n) is 6.40. The standard InChI is InChI=1S/C21H24F3N7O/c22-21(23,24)14-3-1-10-30(12-14)18-6-5-16-19(28-18)31(15-4-2-9-29(16)13-15)20(32)27-17-11-25-7-8-26-17/h5-8,11,14-15H,1-4,9-10,12-13H2,(H,26,27,32). The van der Waals surface area contributed by atoms with Gasteiger partial charge in [-0.3, -0.25) is 15.2 Å². The van der Waals surface area contributed by atoms with Crippen LogP contribution in [-0.2, 0) is 0 Å². The number of nitrogens with zero attached hydrogens (tertiary/aromatic N) is 6. The Bertz CT molecular complexity index is 987. The summed E-state index contributed by atoms with van der Waals surface area (Å²) >= 11 is 0. The normalized spacial score (nSPS) is 23.0. The van der Waals surface area contributed by atoms with Gasteiger partial charge in [-0.05, 0) is 37.8 Å². The van der Waals surface area contributed by atoms with E-state index in [9.17, 15) is 18.0 Å². The number of hydrogen-bond donors (Lipinski definition) is 1. The number of alkyl halides is 3. The number of fused-ring (bicyclic) bond motifs is 4. The Balaban J connectivity index is 1.47. The van der Waals surface area contributed by atoms with Gasteiger partial charge in [-0.1, -0.05) is 0 Å². The number of aromatic nitrogens is 3. The van der Waals surface area contributed by atoms with Gasteiger partial charge in [-0.2, -0.15) is 13.2 Å². The predicted molar refractivity (Wildman–Crippen MR) is 114 cm³/mol. The molecule has 8 nitrogen and oxygen atoms in total. The molecule has 0 aliphatic carbocycles. The van der Waals surface area contributed by atoms with Gasteiger partial charge in [0.15, 0.2) is 11.6 Å². The van der Waals surface area contributed by atoms with Gasteiger partial charge < -0.3 is 9.80 Å². The summed E-state index contributed by atoms with van der Waals surface area (Å²) in [5.74, 6) is -0.0871. The van der Waals surface area contributed by atoms with E-state index in [1.807, 2.05) is 6.07 Å². The molecule has 3 aliphatic rings. The van der Waals surface area contributed by atoms with E-state index in [2.05, 4.69) is 20.2 Å². The van der Waals surface area contributed by atoms with E-state index >= 15 is 0 Å².